The Balaban J connectivity index is 1.63. The summed E-state index contributed by atoms with van der Waals surface area (Å²) in [4.78, 5) is 8.83. The normalized spacial score (nSPS) is 10.7. The van der Waals surface area contributed by atoms with E-state index in [0.717, 1.165) is 22.6 Å². The smallest absolute Gasteiger partial charge is 0.258 e. The molecule has 136 valence electrons. The summed E-state index contributed by atoms with van der Waals surface area (Å²) in [6, 6.07) is 15.8. The van der Waals surface area contributed by atoms with Crippen LogP contribution in [0.4, 0.5) is 0 Å². The van der Waals surface area contributed by atoms with Crippen LogP contribution in [0.2, 0.25) is 0 Å². The number of methoxy groups -OCH3 is 2. The molecule has 0 unspecified atom stereocenters. The summed E-state index contributed by atoms with van der Waals surface area (Å²) < 4.78 is 18.6. The largest absolute Gasteiger partial charge is 0.496 e. The van der Waals surface area contributed by atoms with Gasteiger partial charge in [0.25, 0.3) is 5.88 Å². The maximum atomic E-state index is 5.89. The van der Waals surface area contributed by atoms with Gasteiger partial charge in [-0.15, -0.1) is 0 Å². The lowest BCUT2D eigenvalue weighted by molar-refractivity contribution is 0.304. The number of rotatable bonds is 6. The van der Waals surface area contributed by atoms with Gasteiger partial charge in [0.2, 0.25) is 5.65 Å². The van der Waals surface area contributed by atoms with E-state index in [9.17, 15) is 0 Å². The highest BCUT2D eigenvalue weighted by Gasteiger charge is 2.14. The Labute approximate surface area is 157 Å². The van der Waals surface area contributed by atoms with Crippen LogP contribution in [0.25, 0.3) is 16.9 Å². The van der Waals surface area contributed by atoms with Gasteiger partial charge in [0.15, 0.2) is 0 Å². The van der Waals surface area contributed by atoms with Gasteiger partial charge in [-0.05, 0) is 17.7 Å². The van der Waals surface area contributed by atoms with E-state index in [1.807, 2.05) is 65.3 Å². The van der Waals surface area contributed by atoms with Gasteiger partial charge in [0.1, 0.15) is 18.1 Å². The van der Waals surface area contributed by atoms with Crippen LogP contribution in [0.15, 0.2) is 67.1 Å². The van der Waals surface area contributed by atoms with Crippen molar-refractivity contribution in [3.8, 4) is 28.6 Å². The Morgan fingerprint density at radius 2 is 1.85 bits per heavy atom. The summed E-state index contributed by atoms with van der Waals surface area (Å²) >= 11 is 0. The second-order valence-electron chi connectivity index (χ2n) is 5.93. The fraction of sp³-hybridized carbons (Fsp3) is 0.143. The zero-order valence-electron chi connectivity index (χ0n) is 15.1. The van der Waals surface area contributed by atoms with Crippen LogP contribution in [-0.2, 0) is 6.61 Å². The molecule has 6 nitrogen and oxygen atoms in total. The Morgan fingerprint density at radius 3 is 2.63 bits per heavy atom. The van der Waals surface area contributed by atoms with Crippen LogP contribution in [0.5, 0.6) is 17.4 Å². The topological polar surface area (TPSA) is 57.9 Å². The summed E-state index contributed by atoms with van der Waals surface area (Å²) in [5.74, 6) is 1.91. The Kier molecular flexibility index (Phi) is 4.61. The summed E-state index contributed by atoms with van der Waals surface area (Å²) in [6.45, 7) is 0.501. The van der Waals surface area contributed by atoms with Gasteiger partial charge in [0.05, 0.1) is 19.9 Å². The maximum absolute atomic E-state index is 5.89. The predicted octanol–water partition coefficient (Wildman–Crippen LogP) is 3.99. The van der Waals surface area contributed by atoms with E-state index in [1.54, 1.807) is 20.4 Å². The van der Waals surface area contributed by atoms with Gasteiger partial charge in [0, 0.05) is 30.2 Å². The molecule has 0 fully saturated rings. The zero-order valence-corrected chi connectivity index (χ0v) is 15.1. The molecule has 27 heavy (non-hydrogen) atoms. The third kappa shape index (κ3) is 3.42. The molecule has 0 radical (unpaired) electrons. The van der Waals surface area contributed by atoms with Crippen LogP contribution in [-0.4, -0.2) is 28.6 Å². The molecule has 0 bridgehead atoms. The number of imidazole rings is 1. The number of nitrogens with zero attached hydrogens (tertiary/aromatic N) is 3. The Bertz CT molecular complexity index is 1060. The minimum absolute atomic E-state index is 0.477. The minimum atomic E-state index is 0.477. The van der Waals surface area contributed by atoms with Crippen molar-refractivity contribution in [2.24, 2.45) is 0 Å². The van der Waals surface area contributed by atoms with Crippen LogP contribution in [0, 0.1) is 0 Å². The molecule has 6 heteroatoms. The van der Waals surface area contributed by atoms with Crippen molar-refractivity contribution < 1.29 is 14.2 Å². The van der Waals surface area contributed by atoms with Crippen LogP contribution < -0.4 is 14.2 Å². The van der Waals surface area contributed by atoms with Crippen LogP contribution >= 0.6 is 0 Å². The van der Waals surface area contributed by atoms with Crippen molar-refractivity contribution in [3.63, 3.8) is 0 Å². The van der Waals surface area contributed by atoms with Crippen LogP contribution in [0.1, 0.15) is 5.56 Å². The first kappa shape index (κ1) is 16.9. The lowest BCUT2D eigenvalue weighted by Gasteiger charge is -2.11. The van der Waals surface area contributed by atoms with E-state index in [4.69, 9.17) is 14.2 Å². The molecule has 0 N–H and O–H groups in total. The standard InChI is InChI=1S/C21H19N3O3/c1-25-19-12-16(27-14-15-6-4-3-5-7-15)8-9-17(19)18-13-24-11-10-22-21(26-2)20(24)23-18/h3-13H,14H2,1-2H3. The Hall–Kier alpha value is -3.54. The highest BCUT2D eigenvalue weighted by atomic mass is 16.5. The van der Waals surface area contributed by atoms with E-state index in [1.165, 1.54) is 0 Å². The van der Waals surface area contributed by atoms with Crippen LogP contribution in [0.3, 0.4) is 0 Å². The van der Waals surface area contributed by atoms with Crippen molar-refractivity contribution in [1.82, 2.24) is 14.4 Å². The molecule has 0 aliphatic rings. The first-order valence-electron chi connectivity index (χ1n) is 8.51. The SMILES string of the molecule is COc1cc(OCc2ccccc2)ccc1-c1cn2ccnc(OC)c2n1. The van der Waals surface area contributed by atoms with Gasteiger partial charge in [-0.1, -0.05) is 30.3 Å². The molecule has 2 aromatic carbocycles. The first-order valence-corrected chi connectivity index (χ1v) is 8.51. The quantitative estimate of drug-likeness (QED) is 0.520. The molecule has 0 aliphatic heterocycles. The second-order valence-corrected chi connectivity index (χ2v) is 5.93. The van der Waals surface area contributed by atoms with E-state index < -0.39 is 0 Å². The molecule has 0 spiro atoms. The van der Waals surface area contributed by atoms with E-state index in [0.29, 0.717) is 23.9 Å². The molecule has 4 rings (SSSR count). The Morgan fingerprint density at radius 1 is 1.00 bits per heavy atom. The lowest BCUT2D eigenvalue weighted by atomic mass is 10.1. The molecule has 0 saturated carbocycles. The van der Waals surface area contributed by atoms with Gasteiger partial charge >= 0.3 is 0 Å². The van der Waals surface area contributed by atoms with Gasteiger partial charge in [-0.3, -0.25) is 0 Å². The number of aromatic nitrogens is 3. The highest BCUT2D eigenvalue weighted by molar-refractivity contribution is 5.71. The van der Waals surface area contributed by atoms with Gasteiger partial charge < -0.3 is 18.6 Å². The summed E-state index contributed by atoms with van der Waals surface area (Å²) in [5, 5.41) is 0. The molecular weight excluding hydrogens is 342 g/mol. The van der Waals surface area contributed by atoms with Crippen molar-refractivity contribution in [1.29, 1.82) is 0 Å². The molecule has 0 saturated heterocycles. The number of hydrogen-bond donors (Lipinski definition) is 0. The molecule has 0 aliphatic carbocycles. The molecule has 0 amide bonds. The van der Waals surface area contributed by atoms with E-state index >= 15 is 0 Å². The average molecular weight is 361 g/mol. The van der Waals surface area contributed by atoms with Crippen molar-refractivity contribution in [3.05, 3.63) is 72.7 Å². The monoisotopic (exact) mass is 361 g/mol. The molecule has 2 aromatic heterocycles. The summed E-state index contributed by atoms with van der Waals surface area (Å²) in [5.41, 5.74) is 3.41. The fourth-order valence-corrected chi connectivity index (χ4v) is 2.88. The second kappa shape index (κ2) is 7.37. The number of hydrogen-bond acceptors (Lipinski definition) is 5. The van der Waals surface area contributed by atoms with Crippen molar-refractivity contribution in [2.45, 2.75) is 6.61 Å². The van der Waals surface area contributed by atoms with Crippen molar-refractivity contribution in [2.75, 3.05) is 14.2 Å². The number of ether oxygens (including phenoxy) is 3. The van der Waals surface area contributed by atoms with Gasteiger partial charge in [-0.25, -0.2) is 9.97 Å². The average Bonchev–Trinajstić information content (AvgIpc) is 3.17. The lowest BCUT2D eigenvalue weighted by Crippen LogP contribution is -1.96. The summed E-state index contributed by atoms with van der Waals surface area (Å²) in [6.07, 6.45) is 5.43. The number of benzene rings is 2. The fourth-order valence-electron chi connectivity index (χ4n) is 2.88. The minimum Gasteiger partial charge on any atom is -0.496 e. The zero-order chi connectivity index (χ0) is 18.6. The number of fused-ring (bicyclic) bond motifs is 1. The van der Waals surface area contributed by atoms with E-state index in [-0.39, 0.29) is 0 Å². The third-order valence-corrected chi connectivity index (χ3v) is 4.23. The van der Waals surface area contributed by atoms with Gasteiger partial charge in [-0.2, -0.15) is 0 Å². The predicted molar refractivity (Wildman–Crippen MR) is 102 cm³/mol. The molecule has 4 aromatic rings. The summed E-state index contributed by atoms with van der Waals surface area (Å²) in [7, 11) is 3.22. The maximum Gasteiger partial charge on any atom is 0.258 e. The van der Waals surface area contributed by atoms with E-state index in [2.05, 4.69) is 9.97 Å². The molecule has 0 atom stereocenters. The highest BCUT2D eigenvalue weighted by Crippen LogP contribution is 2.34. The first-order chi connectivity index (χ1) is 13.3. The molecular formula is C21H19N3O3. The molecule has 2 heterocycles. The third-order valence-electron chi connectivity index (χ3n) is 4.23. The van der Waals surface area contributed by atoms with Crippen molar-refractivity contribution >= 4 is 5.65 Å².